The van der Waals surface area contributed by atoms with Crippen LogP contribution in [0, 0.1) is 17.0 Å². The molecule has 0 radical (unpaired) electrons. The predicted molar refractivity (Wildman–Crippen MR) is 87.1 cm³/mol. The Kier molecular flexibility index (Phi) is 3.73. The van der Waals surface area contributed by atoms with E-state index in [0.717, 1.165) is 16.8 Å². The SMILES string of the molecule is Cc1cc(N2Cc3ccccc3C[C@@H]2C(N)=O)ccc1[N+](=O)[O-]. The zero-order valence-electron chi connectivity index (χ0n) is 12.7. The van der Waals surface area contributed by atoms with E-state index in [1.54, 1.807) is 19.1 Å². The number of nitrogens with zero attached hydrogens (tertiary/aromatic N) is 2. The molecule has 3 rings (SSSR count). The van der Waals surface area contributed by atoms with Crippen LogP contribution in [0.25, 0.3) is 0 Å². The maximum absolute atomic E-state index is 11.9. The van der Waals surface area contributed by atoms with E-state index in [2.05, 4.69) is 0 Å². The quantitative estimate of drug-likeness (QED) is 0.696. The van der Waals surface area contributed by atoms with Gasteiger partial charge in [0.25, 0.3) is 5.69 Å². The second-order valence-corrected chi connectivity index (χ2v) is 5.75. The first-order valence-electron chi connectivity index (χ1n) is 7.35. The number of hydrogen-bond donors (Lipinski definition) is 1. The Morgan fingerprint density at radius 3 is 2.57 bits per heavy atom. The fourth-order valence-corrected chi connectivity index (χ4v) is 3.07. The molecule has 0 saturated carbocycles. The molecule has 0 aromatic heterocycles. The highest BCUT2D eigenvalue weighted by molar-refractivity contribution is 5.85. The first-order chi connectivity index (χ1) is 11.0. The van der Waals surface area contributed by atoms with E-state index < -0.39 is 16.9 Å². The van der Waals surface area contributed by atoms with Crippen molar-refractivity contribution in [3.63, 3.8) is 0 Å². The van der Waals surface area contributed by atoms with Gasteiger partial charge in [-0.05, 0) is 30.2 Å². The first kappa shape index (κ1) is 15.0. The van der Waals surface area contributed by atoms with Gasteiger partial charge in [0.15, 0.2) is 0 Å². The van der Waals surface area contributed by atoms with Crippen molar-refractivity contribution < 1.29 is 9.72 Å². The molecule has 2 aromatic carbocycles. The summed E-state index contributed by atoms with van der Waals surface area (Å²) in [5.41, 5.74) is 9.24. The van der Waals surface area contributed by atoms with E-state index in [4.69, 9.17) is 5.73 Å². The molecule has 0 saturated heterocycles. The van der Waals surface area contributed by atoms with E-state index in [1.165, 1.54) is 6.07 Å². The maximum atomic E-state index is 11.9. The van der Waals surface area contributed by atoms with Crippen molar-refractivity contribution in [2.75, 3.05) is 4.90 Å². The minimum absolute atomic E-state index is 0.0711. The monoisotopic (exact) mass is 311 g/mol. The second-order valence-electron chi connectivity index (χ2n) is 5.75. The number of rotatable bonds is 3. The fourth-order valence-electron chi connectivity index (χ4n) is 3.07. The number of carbonyl (C=O) groups excluding carboxylic acids is 1. The van der Waals surface area contributed by atoms with Crippen LogP contribution in [0.4, 0.5) is 11.4 Å². The fraction of sp³-hybridized carbons (Fsp3) is 0.235. The van der Waals surface area contributed by atoms with E-state index in [9.17, 15) is 14.9 Å². The molecule has 0 bridgehead atoms. The third kappa shape index (κ3) is 2.75. The van der Waals surface area contributed by atoms with Crippen LogP contribution in [-0.2, 0) is 17.8 Å². The Labute approximate surface area is 133 Å². The molecule has 6 nitrogen and oxygen atoms in total. The zero-order chi connectivity index (χ0) is 16.6. The average Bonchev–Trinajstić information content (AvgIpc) is 2.53. The molecule has 118 valence electrons. The summed E-state index contributed by atoms with van der Waals surface area (Å²) in [6.45, 7) is 2.25. The van der Waals surface area contributed by atoms with Gasteiger partial charge in [-0.15, -0.1) is 0 Å². The van der Waals surface area contributed by atoms with Crippen LogP contribution in [0.2, 0.25) is 0 Å². The number of nitro groups is 1. The minimum Gasteiger partial charge on any atom is -0.368 e. The van der Waals surface area contributed by atoms with Crippen molar-refractivity contribution in [3.8, 4) is 0 Å². The van der Waals surface area contributed by atoms with Gasteiger partial charge in [0.05, 0.1) is 4.92 Å². The molecule has 1 aliphatic rings. The van der Waals surface area contributed by atoms with E-state index >= 15 is 0 Å². The molecule has 0 spiro atoms. The lowest BCUT2D eigenvalue weighted by molar-refractivity contribution is -0.385. The summed E-state index contributed by atoms with van der Waals surface area (Å²) in [6, 6.07) is 12.4. The summed E-state index contributed by atoms with van der Waals surface area (Å²) in [7, 11) is 0. The van der Waals surface area contributed by atoms with Crippen molar-refractivity contribution >= 4 is 17.3 Å². The first-order valence-corrected chi connectivity index (χ1v) is 7.35. The van der Waals surface area contributed by atoms with Crippen molar-refractivity contribution in [3.05, 3.63) is 69.3 Å². The molecule has 6 heteroatoms. The van der Waals surface area contributed by atoms with Crippen molar-refractivity contribution in [1.29, 1.82) is 0 Å². The number of nitro benzene ring substituents is 1. The van der Waals surface area contributed by atoms with Crippen LogP contribution in [0.5, 0.6) is 0 Å². The number of primary amides is 1. The Morgan fingerprint density at radius 2 is 1.96 bits per heavy atom. The van der Waals surface area contributed by atoms with Crippen LogP contribution in [0.3, 0.4) is 0 Å². The molecular formula is C17H17N3O3. The lowest BCUT2D eigenvalue weighted by atomic mass is 9.93. The molecule has 0 aliphatic carbocycles. The average molecular weight is 311 g/mol. The highest BCUT2D eigenvalue weighted by Gasteiger charge is 2.30. The number of anilines is 1. The van der Waals surface area contributed by atoms with Crippen LogP contribution < -0.4 is 10.6 Å². The summed E-state index contributed by atoms with van der Waals surface area (Å²) in [4.78, 5) is 24.4. The summed E-state index contributed by atoms with van der Waals surface area (Å²) in [5, 5.41) is 11.0. The number of carbonyl (C=O) groups is 1. The van der Waals surface area contributed by atoms with Gasteiger partial charge in [0.2, 0.25) is 5.91 Å². The molecule has 1 amide bonds. The molecule has 1 heterocycles. The highest BCUT2D eigenvalue weighted by atomic mass is 16.6. The minimum atomic E-state index is -0.453. The Hall–Kier alpha value is -2.89. The molecule has 1 aliphatic heterocycles. The zero-order valence-corrected chi connectivity index (χ0v) is 12.7. The number of hydrogen-bond acceptors (Lipinski definition) is 4. The molecule has 2 N–H and O–H groups in total. The van der Waals surface area contributed by atoms with E-state index in [0.29, 0.717) is 18.5 Å². The summed E-state index contributed by atoms with van der Waals surface area (Å²) >= 11 is 0. The van der Waals surface area contributed by atoms with Crippen molar-refractivity contribution in [2.45, 2.75) is 25.9 Å². The van der Waals surface area contributed by atoms with Crippen molar-refractivity contribution in [2.24, 2.45) is 5.73 Å². The summed E-state index contributed by atoms with van der Waals surface area (Å²) in [5.74, 6) is -0.393. The third-order valence-corrected chi connectivity index (χ3v) is 4.29. The van der Waals surface area contributed by atoms with E-state index in [1.807, 2.05) is 29.2 Å². The lowest BCUT2D eigenvalue weighted by Gasteiger charge is -2.37. The Morgan fingerprint density at radius 1 is 1.26 bits per heavy atom. The van der Waals surface area contributed by atoms with Gasteiger partial charge in [-0.3, -0.25) is 14.9 Å². The van der Waals surface area contributed by atoms with Gasteiger partial charge in [0, 0.05) is 30.3 Å². The lowest BCUT2D eigenvalue weighted by Crippen LogP contribution is -2.48. The largest absolute Gasteiger partial charge is 0.368 e. The van der Waals surface area contributed by atoms with Gasteiger partial charge < -0.3 is 10.6 Å². The normalized spacial score (nSPS) is 16.7. The highest BCUT2D eigenvalue weighted by Crippen LogP contribution is 2.31. The van der Waals surface area contributed by atoms with E-state index in [-0.39, 0.29) is 5.69 Å². The molecule has 1 atom stereocenters. The molecular weight excluding hydrogens is 294 g/mol. The molecule has 2 aromatic rings. The second kappa shape index (κ2) is 5.72. The Balaban J connectivity index is 2.01. The molecule has 23 heavy (non-hydrogen) atoms. The molecule has 0 fully saturated rings. The van der Waals surface area contributed by atoms with Gasteiger partial charge >= 0.3 is 0 Å². The molecule has 0 unspecified atom stereocenters. The van der Waals surface area contributed by atoms with Gasteiger partial charge in [-0.2, -0.15) is 0 Å². The summed E-state index contributed by atoms with van der Waals surface area (Å²) < 4.78 is 0. The van der Waals surface area contributed by atoms with Crippen molar-refractivity contribution in [1.82, 2.24) is 0 Å². The third-order valence-electron chi connectivity index (χ3n) is 4.29. The number of amides is 1. The maximum Gasteiger partial charge on any atom is 0.272 e. The van der Waals surface area contributed by atoms with Crippen LogP contribution in [0.15, 0.2) is 42.5 Å². The van der Waals surface area contributed by atoms with Gasteiger partial charge in [0.1, 0.15) is 6.04 Å². The van der Waals surface area contributed by atoms with Gasteiger partial charge in [-0.1, -0.05) is 24.3 Å². The van der Waals surface area contributed by atoms with Crippen LogP contribution >= 0.6 is 0 Å². The Bertz CT molecular complexity index is 788. The number of fused-ring (bicyclic) bond motifs is 1. The van der Waals surface area contributed by atoms with Crippen LogP contribution in [0.1, 0.15) is 16.7 Å². The number of aryl methyl sites for hydroxylation is 1. The summed E-state index contributed by atoms with van der Waals surface area (Å²) in [6.07, 6.45) is 0.543. The topological polar surface area (TPSA) is 89.5 Å². The van der Waals surface area contributed by atoms with Crippen LogP contribution in [-0.4, -0.2) is 16.9 Å². The number of nitrogens with two attached hydrogens (primary N) is 1. The number of benzene rings is 2. The smallest absolute Gasteiger partial charge is 0.272 e. The standard InChI is InChI=1S/C17H17N3O3/c1-11-8-14(6-7-15(11)20(22)23)19-10-13-5-3-2-4-12(13)9-16(19)17(18)21/h2-8,16H,9-10H2,1H3,(H2,18,21)/t16-/m1/s1. The predicted octanol–water partition coefficient (Wildman–Crippen LogP) is 2.32. The van der Waals surface area contributed by atoms with Gasteiger partial charge in [-0.25, -0.2) is 0 Å².